The molecule has 0 spiro atoms. The molecule has 0 fully saturated rings. The van der Waals surface area contributed by atoms with E-state index in [1.54, 1.807) is 26.2 Å². The molecule has 3 aromatic rings. The zero-order valence-corrected chi connectivity index (χ0v) is 16.9. The van der Waals surface area contributed by atoms with E-state index >= 15 is 0 Å². The number of nitrogens with zero attached hydrogens (tertiary/aromatic N) is 3. The van der Waals surface area contributed by atoms with Crippen molar-refractivity contribution in [2.24, 2.45) is 0 Å². The van der Waals surface area contributed by atoms with E-state index < -0.39 is 0 Å². The third kappa shape index (κ3) is 5.47. The summed E-state index contributed by atoms with van der Waals surface area (Å²) in [5.41, 5.74) is 1.59. The highest BCUT2D eigenvalue weighted by atomic mass is 32.2. The van der Waals surface area contributed by atoms with Gasteiger partial charge in [0, 0.05) is 11.4 Å². The van der Waals surface area contributed by atoms with Crippen LogP contribution in [0.3, 0.4) is 0 Å². The van der Waals surface area contributed by atoms with Gasteiger partial charge in [-0.25, -0.2) is 4.39 Å². The van der Waals surface area contributed by atoms with Crippen LogP contribution in [0.15, 0.2) is 53.7 Å². The monoisotopic (exact) mass is 416 g/mol. The van der Waals surface area contributed by atoms with Gasteiger partial charge >= 0.3 is 5.97 Å². The van der Waals surface area contributed by atoms with Crippen molar-refractivity contribution in [3.63, 3.8) is 0 Å². The lowest BCUT2D eigenvalue weighted by atomic mass is 10.3. The normalized spacial score (nSPS) is 10.6. The third-order valence-electron chi connectivity index (χ3n) is 3.95. The number of carbonyl (C=O) groups excluding carboxylic acids is 1. The largest absolute Gasteiger partial charge is 0.497 e. The molecule has 7 nitrogen and oxygen atoms in total. The molecule has 1 aromatic heterocycles. The van der Waals surface area contributed by atoms with E-state index in [1.165, 1.54) is 23.9 Å². The lowest BCUT2D eigenvalue weighted by Gasteiger charge is -2.12. The fourth-order valence-electron chi connectivity index (χ4n) is 2.57. The molecule has 152 valence electrons. The fourth-order valence-corrected chi connectivity index (χ4v) is 3.34. The topological polar surface area (TPSA) is 78.3 Å². The van der Waals surface area contributed by atoms with Crippen molar-refractivity contribution >= 4 is 23.4 Å². The first-order valence-electron chi connectivity index (χ1n) is 8.97. The molecule has 29 heavy (non-hydrogen) atoms. The van der Waals surface area contributed by atoms with Crippen LogP contribution in [0.5, 0.6) is 5.75 Å². The Labute approximate surface area is 172 Å². The van der Waals surface area contributed by atoms with Crippen LogP contribution in [-0.2, 0) is 16.1 Å². The van der Waals surface area contributed by atoms with E-state index in [-0.39, 0.29) is 17.5 Å². The molecule has 0 aliphatic carbocycles. The predicted molar refractivity (Wildman–Crippen MR) is 109 cm³/mol. The Morgan fingerprint density at radius 1 is 1.14 bits per heavy atom. The second-order valence-electron chi connectivity index (χ2n) is 5.89. The van der Waals surface area contributed by atoms with Gasteiger partial charge in [-0.15, -0.1) is 10.2 Å². The van der Waals surface area contributed by atoms with Gasteiger partial charge in [0.2, 0.25) is 0 Å². The maximum absolute atomic E-state index is 13.1. The van der Waals surface area contributed by atoms with Crippen LogP contribution in [0, 0.1) is 5.82 Å². The van der Waals surface area contributed by atoms with Crippen molar-refractivity contribution in [2.75, 3.05) is 24.8 Å². The minimum Gasteiger partial charge on any atom is -0.497 e. The summed E-state index contributed by atoms with van der Waals surface area (Å²) < 4.78 is 25.2. The van der Waals surface area contributed by atoms with Crippen molar-refractivity contribution in [3.8, 4) is 11.4 Å². The minimum absolute atomic E-state index is 0.132. The van der Waals surface area contributed by atoms with Gasteiger partial charge in [-0.2, -0.15) is 0 Å². The Hall–Kier alpha value is -3.07. The van der Waals surface area contributed by atoms with Gasteiger partial charge < -0.3 is 14.8 Å². The summed E-state index contributed by atoms with van der Waals surface area (Å²) >= 11 is 1.25. The van der Waals surface area contributed by atoms with Crippen molar-refractivity contribution < 1.29 is 18.7 Å². The second-order valence-corrected chi connectivity index (χ2v) is 6.83. The van der Waals surface area contributed by atoms with Crippen LogP contribution in [-0.4, -0.2) is 40.2 Å². The average molecular weight is 416 g/mol. The predicted octanol–water partition coefficient (Wildman–Crippen LogP) is 3.68. The van der Waals surface area contributed by atoms with Gasteiger partial charge in [0.25, 0.3) is 0 Å². The number of halogens is 1. The van der Waals surface area contributed by atoms with Gasteiger partial charge in [-0.05, 0) is 55.5 Å². The summed E-state index contributed by atoms with van der Waals surface area (Å²) in [6.45, 7) is 2.46. The number of carbonyl (C=O) groups is 1. The number of benzene rings is 2. The van der Waals surface area contributed by atoms with Gasteiger partial charge in [0.1, 0.15) is 11.6 Å². The number of methoxy groups -OCH3 is 1. The molecule has 3 rings (SSSR count). The summed E-state index contributed by atoms with van der Waals surface area (Å²) in [4.78, 5) is 11.7. The Morgan fingerprint density at radius 3 is 2.52 bits per heavy atom. The molecular weight excluding hydrogens is 395 g/mol. The number of hydrogen-bond acceptors (Lipinski definition) is 7. The smallest absolute Gasteiger partial charge is 0.316 e. The summed E-state index contributed by atoms with van der Waals surface area (Å²) in [6, 6.07) is 13.5. The highest BCUT2D eigenvalue weighted by Gasteiger charge is 2.16. The Morgan fingerprint density at radius 2 is 1.86 bits per heavy atom. The summed E-state index contributed by atoms with van der Waals surface area (Å²) in [7, 11) is 1.60. The Bertz CT molecular complexity index is 945. The van der Waals surface area contributed by atoms with E-state index in [9.17, 15) is 9.18 Å². The number of rotatable bonds is 9. The van der Waals surface area contributed by atoms with E-state index in [1.807, 2.05) is 28.8 Å². The van der Waals surface area contributed by atoms with Crippen LogP contribution < -0.4 is 10.1 Å². The number of anilines is 1. The second kappa shape index (κ2) is 9.92. The molecule has 2 aromatic carbocycles. The fraction of sp³-hybridized carbons (Fsp3) is 0.250. The SMILES string of the molecule is CCOC(=O)CSc1nnc(CNc2ccc(F)cc2)n1-c1ccc(OC)cc1. The molecule has 0 saturated carbocycles. The molecule has 0 bridgehead atoms. The molecular formula is C20H21FN4O3S. The van der Waals surface area contributed by atoms with E-state index in [2.05, 4.69) is 15.5 Å². The highest BCUT2D eigenvalue weighted by Crippen LogP contribution is 2.24. The van der Waals surface area contributed by atoms with E-state index in [4.69, 9.17) is 9.47 Å². The zero-order chi connectivity index (χ0) is 20.6. The molecule has 0 radical (unpaired) electrons. The standard InChI is InChI=1S/C20H21FN4O3S/c1-3-28-19(26)13-29-20-24-23-18(12-22-15-6-4-14(21)5-7-15)25(20)16-8-10-17(27-2)11-9-16/h4-11,22H,3,12-13H2,1-2H3. The van der Waals surface area contributed by atoms with Crippen LogP contribution in [0.25, 0.3) is 5.69 Å². The van der Waals surface area contributed by atoms with E-state index in [0.29, 0.717) is 24.1 Å². The quantitative estimate of drug-likeness (QED) is 0.421. The van der Waals surface area contributed by atoms with Gasteiger partial charge in [-0.1, -0.05) is 11.8 Å². The van der Waals surface area contributed by atoms with E-state index in [0.717, 1.165) is 17.1 Å². The summed E-state index contributed by atoms with van der Waals surface area (Å²) in [5.74, 6) is 0.898. The molecule has 9 heteroatoms. The maximum atomic E-state index is 13.1. The minimum atomic E-state index is -0.312. The van der Waals surface area contributed by atoms with Crippen LogP contribution in [0.2, 0.25) is 0 Å². The first kappa shape index (κ1) is 20.7. The lowest BCUT2D eigenvalue weighted by molar-refractivity contribution is -0.139. The molecule has 1 heterocycles. The Kier molecular flexibility index (Phi) is 7.07. The number of ether oxygens (including phenoxy) is 2. The van der Waals surface area contributed by atoms with Crippen molar-refractivity contribution in [3.05, 3.63) is 60.2 Å². The molecule has 0 saturated heterocycles. The molecule has 0 aliphatic rings. The molecule has 0 amide bonds. The highest BCUT2D eigenvalue weighted by molar-refractivity contribution is 7.99. The average Bonchev–Trinajstić information content (AvgIpc) is 3.15. The molecule has 0 unspecified atom stereocenters. The number of esters is 1. The number of thioether (sulfide) groups is 1. The van der Waals surface area contributed by atoms with Crippen molar-refractivity contribution in [1.29, 1.82) is 0 Å². The third-order valence-corrected chi connectivity index (χ3v) is 4.85. The van der Waals surface area contributed by atoms with Crippen LogP contribution >= 0.6 is 11.8 Å². The Balaban J connectivity index is 1.83. The van der Waals surface area contributed by atoms with Crippen LogP contribution in [0.4, 0.5) is 10.1 Å². The number of hydrogen-bond donors (Lipinski definition) is 1. The van der Waals surface area contributed by atoms with Crippen LogP contribution in [0.1, 0.15) is 12.7 Å². The van der Waals surface area contributed by atoms with Gasteiger partial charge in [0.15, 0.2) is 11.0 Å². The van der Waals surface area contributed by atoms with Crippen molar-refractivity contribution in [1.82, 2.24) is 14.8 Å². The first-order chi connectivity index (χ1) is 14.1. The number of nitrogens with one attached hydrogen (secondary N) is 1. The lowest BCUT2D eigenvalue weighted by Crippen LogP contribution is -2.10. The first-order valence-corrected chi connectivity index (χ1v) is 9.96. The molecule has 0 atom stereocenters. The summed E-state index contributed by atoms with van der Waals surface area (Å²) in [6.07, 6.45) is 0. The van der Waals surface area contributed by atoms with Gasteiger partial charge in [0.05, 0.1) is 26.0 Å². The molecule has 0 aliphatic heterocycles. The number of aromatic nitrogens is 3. The zero-order valence-electron chi connectivity index (χ0n) is 16.1. The molecule has 1 N–H and O–H groups in total. The maximum Gasteiger partial charge on any atom is 0.316 e. The summed E-state index contributed by atoms with van der Waals surface area (Å²) in [5, 5.41) is 12.3. The van der Waals surface area contributed by atoms with Crippen molar-refractivity contribution in [2.45, 2.75) is 18.6 Å². The van der Waals surface area contributed by atoms with Gasteiger partial charge in [-0.3, -0.25) is 9.36 Å².